The smallest absolute Gasteiger partial charge is 0.409 e. The number of carbonyl (C=O) groups excluding carboxylic acids is 1. The number of alkyl carbamates (subject to hydrolysis) is 1. The van der Waals surface area contributed by atoms with Crippen LogP contribution in [0.3, 0.4) is 0 Å². The average molecular weight is 339 g/mol. The van der Waals surface area contributed by atoms with E-state index < -0.39 is 11.7 Å². The minimum atomic E-state index is -0.504. The van der Waals surface area contributed by atoms with E-state index in [0.29, 0.717) is 13.3 Å². The fourth-order valence-corrected chi connectivity index (χ4v) is 1.72. The number of benzene rings is 1. The van der Waals surface area contributed by atoms with Crippen LogP contribution in [0.5, 0.6) is 5.75 Å². The van der Waals surface area contributed by atoms with Crippen LogP contribution in [0.2, 0.25) is 0 Å². The number of carbonyl (C=O) groups is 1. The van der Waals surface area contributed by atoms with Crippen molar-refractivity contribution in [1.82, 2.24) is 10.6 Å². The lowest BCUT2D eigenvalue weighted by molar-refractivity contribution is 0.0370. The van der Waals surface area contributed by atoms with E-state index in [1.807, 2.05) is 52.1 Å². The summed E-state index contributed by atoms with van der Waals surface area (Å²) in [7, 11) is 1.88. The van der Waals surface area contributed by atoms with Gasteiger partial charge in [0.25, 0.3) is 0 Å². The van der Waals surface area contributed by atoms with Crippen molar-refractivity contribution in [2.75, 3.05) is 39.0 Å². The van der Waals surface area contributed by atoms with Crippen LogP contribution in [0, 0.1) is 0 Å². The molecule has 1 rings (SSSR count). The third-order valence-electron chi connectivity index (χ3n) is 2.83. The standard InChI is InChI=1S/C17H29N3O4/c1-17(2,3)24-16(21)20-13-22-12-19-10-5-11-23-15-8-6-14(18-4)7-9-15/h6-9,18-19H,5,10-13H2,1-4H3,(H,20,21). The van der Waals surface area contributed by atoms with Crippen LogP contribution in [0.25, 0.3) is 0 Å². The van der Waals surface area contributed by atoms with Crippen molar-refractivity contribution in [2.24, 2.45) is 0 Å². The van der Waals surface area contributed by atoms with Gasteiger partial charge in [-0.05, 0) is 51.5 Å². The molecule has 1 amide bonds. The lowest BCUT2D eigenvalue weighted by atomic mass is 10.2. The third-order valence-corrected chi connectivity index (χ3v) is 2.83. The predicted octanol–water partition coefficient (Wildman–Crippen LogP) is 2.54. The fraction of sp³-hybridized carbons (Fsp3) is 0.588. The van der Waals surface area contributed by atoms with Gasteiger partial charge in [-0.3, -0.25) is 10.6 Å². The van der Waals surface area contributed by atoms with E-state index in [-0.39, 0.29) is 6.73 Å². The molecule has 0 saturated carbocycles. The fourth-order valence-electron chi connectivity index (χ4n) is 1.72. The van der Waals surface area contributed by atoms with Crippen molar-refractivity contribution in [3.05, 3.63) is 24.3 Å². The Morgan fingerprint density at radius 2 is 1.83 bits per heavy atom. The van der Waals surface area contributed by atoms with Gasteiger partial charge < -0.3 is 19.5 Å². The summed E-state index contributed by atoms with van der Waals surface area (Å²) in [5.41, 5.74) is 0.552. The summed E-state index contributed by atoms with van der Waals surface area (Å²) in [5.74, 6) is 0.854. The SMILES string of the molecule is CNc1ccc(OCCCNCOCNC(=O)OC(C)(C)C)cc1. The van der Waals surface area contributed by atoms with E-state index in [4.69, 9.17) is 14.2 Å². The Morgan fingerprint density at radius 1 is 1.12 bits per heavy atom. The highest BCUT2D eigenvalue weighted by Gasteiger charge is 2.15. The molecular weight excluding hydrogens is 310 g/mol. The summed E-state index contributed by atoms with van der Waals surface area (Å²) in [6.07, 6.45) is 0.372. The Bertz CT molecular complexity index is 472. The molecule has 0 bridgehead atoms. The molecule has 0 saturated heterocycles. The van der Waals surface area contributed by atoms with Crippen molar-refractivity contribution in [3.8, 4) is 5.75 Å². The van der Waals surface area contributed by atoms with E-state index >= 15 is 0 Å². The van der Waals surface area contributed by atoms with Crippen LogP contribution >= 0.6 is 0 Å². The zero-order valence-electron chi connectivity index (χ0n) is 15.0. The number of anilines is 1. The van der Waals surface area contributed by atoms with Crippen LogP contribution in [-0.4, -0.2) is 45.4 Å². The molecule has 0 aliphatic carbocycles. The van der Waals surface area contributed by atoms with Crippen molar-refractivity contribution in [2.45, 2.75) is 32.8 Å². The van der Waals surface area contributed by atoms with Gasteiger partial charge in [0.1, 0.15) is 18.1 Å². The van der Waals surface area contributed by atoms with Crippen molar-refractivity contribution < 1.29 is 19.0 Å². The maximum Gasteiger partial charge on any atom is 0.409 e. The molecule has 0 fully saturated rings. The molecule has 0 atom stereocenters. The lowest BCUT2D eigenvalue weighted by Crippen LogP contribution is -2.35. The summed E-state index contributed by atoms with van der Waals surface area (Å²) in [6, 6.07) is 7.81. The zero-order chi connectivity index (χ0) is 17.8. The van der Waals surface area contributed by atoms with Gasteiger partial charge in [-0.2, -0.15) is 0 Å². The van der Waals surface area contributed by atoms with E-state index in [1.165, 1.54) is 0 Å². The molecular formula is C17H29N3O4. The van der Waals surface area contributed by atoms with Crippen LogP contribution < -0.4 is 20.7 Å². The van der Waals surface area contributed by atoms with Gasteiger partial charge in [0.05, 0.1) is 13.3 Å². The topological polar surface area (TPSA) is 80.9 Å². The second-order valence-electron chi connectivity index (χ2n) is 6.15. The van der Waals surface area contributed by atoms with Crippen LogP contribution in [0.4, 0.5) is 10.5 Å². The monoisotopic (exact) mass is 339 g/mol. The first-order valence-electron chi connectivity index (χ1n) is 8.06. The molecule has 24 heavy (non-hydrogen) atoms. The third kappa shape index (κ3) is 9.91. The van der Waals surface area contributed by atoms with Gasteiger partial charge in [-0.15, -0.1) is 0 Å². The molecule has 7 nitrogen and oxygen atoms in total. The first kappa shape index (κ1) is 20.1. The summed E-state index contributed by atoms with van der Waals surface area (Å²) >= 11 is 0. The lowest BCUT2D eigenvalue weighted by Gasteiger charge is -2.19. The average Bonchev–Trinajstić information content (AvgIpc) is 2.52. The summed E-state index contributed by atoms with van der Waals surface area (Å²) in [5, 5.41) is 8.69. The Hall–Kier alpha value is -1.99. The Kier molecular flexibility index (Phi) is 8.96. The van der Waals surface area contributed by atoms with Gasteiger partial charge >= 0.3 is 6.09 Å². The Labute approximate surface area is 144 Å². The zero-order valence-corrected chi connectivity index (χ0v) is 15.0. The highest BCUT2D eigenvalue weighted by atomic mass is 16.6. The van der Waals surface area contributed by atoms with E-state index in [2.05, 4.69) is 16.0 Å². The van der Waals surface area contributed by atoms with Crippen LogP contribution in [0.15, 0.2) is 24.3 Å². The molecule has 3 N–H and O–H groups in total. The molecule has 136 valence electrons. The van der Waals surface area contributed by atoms with Crippen LogP contribution in [-0.2, 0) is 9.47 Å². The number of hydrogen-bond acceptors (Lipinski definition) is 6. The molecule has 0 radical (unpaired) electrons. The van der Waals surface area contributed by atoms with Gasteiger partial charge in [0.2, 0.25) is 0 Å². The van der Waals surface area contributed by atoms with Crippen molar-refractivity contribution in [1.29, 1.82) is 0 Å². The molecule has 7 heteroatoms. The first-order valence-corrected chi connectivity index (χ1v) is 8.06. The molecule has 0 aliphatic heterocycles. The highest BCUT2D eigenvalue weighted by Crippen LogP contribution is 2.14. The molecule has 0 unspecified atom stereocenters. The number of hydrogen-bond donors (Lipinski definition) is 3. The van der Waals surface area contributed by atoms with E-state index in [9.17, 15) is 4.79 Å². The highest BCUT2D eigenvalue weighted by molar-refractivity contribution is 5.67. The van der Waals surface area contributed by atoms with Gasteiger partial charge in [-0.1, -0.05) is 0 Å². The van der Waals surface area contributed by atoms with Gasteiger partial charge in [-0.25, -0.2) is 4.79 Å². The largest absolute Gasteiger partial charge is 0.494 e. The minimum absolute atomic E-state index is 0.107. The summed E-state index contributed by atoms with van der Waals surface area (Å²) < 4.78 is 16.0. The number of rotatable bonds is 10. The molecule has 0 spiro atoms. The van der Waals surface area contributed by atoms with Crippen LogP contribution in [0.1, 0.15) is 27.2 Å². The summed E-state index contributed by atoms with van der Waals surface area (Å²) in [6.45, 7) is 7.29. The molecule has 1 aromatic rings. The number of nitrogens with one attached hydrogen (secondary N) is 3. The molecule has 0 heterocycles. The van der Waals surface area contributed by atoms with Crippen molar-refractivity contribution in [3.63, 3.8) is 0 Å². The number of ether oxygens (including phenoxy) is 3. The normalized spacial score (nSPS) is 11.0. The first-order chi connectivity index (χ1) is 11.4. The second-order valence-corrected chi connectivity index (χ2v) is 6.15. The van der Waals surface area contributed by atoms with E-state index in [1.54, 1.807) is 0 Å². The minimum Gasteiger partial charge on any atom is -0.494 e. The summed E-state index contributed by atoms with van der Waals surface area (Å²) in [4.78, 5) is 11.4. The maximum atomic E-state index is 11.4. The Balaban J connectivity index is 1.94. The number of amides is 1. The van der Waals surface area contributed by atoms with Crippen molar-refractivity contribution >= 4 is 11.8 Å². The van der Waals surface area contributed by atoms with Gasteiger partial charge in [0, 0.05) is 19.3 Å². The van der Waals surface area contributed by atoms with Gasteiger partial charge in [0.15, 0.2) is 0 Å². The van der Waals surface area contributed by atoms with E-state index in [0.717, 1.165) is 24.4 Å². The quantitative estimate of drug-likeness (QED) is 0.449. The Morgan fingerprint density at radius 3 is 2.46 bits per heavy atom. The molecule has 0 aromatic heterocycles. The molecule has 0 aliphatic rings. The molecule has 1 aromatic carbocycles. The predicted molar refractivity (Wildman–Crippen MR) is 94.3 cm³/mol. The maximum absolute atomic E-state index is 11.4. The second kappa shape index (κ2) is 10.7.